The summed E-state index contributed by atoms with van der Waals surface area (Å²) in [6.07, 6.45) is 4.18. The van der Waals surface area contributed by atoms with Gasteiger partial charge in [0.15, 0.2) is 0 Å². The molecule has 0 atom stereocenters. The summed E-state index contributed by atoms with van der Waals surface area (Å²) in [7, 11) is 0. The first-order valence-electron chi connectivity index (χ1n) is 7.51. The van der Waals surface area contributed by atoms with Gasteiger partial charge in [-0.05, 0) is 50.8 Å². The van der Waals surface area contributed by atoms with Gasteiger partial charge in [-0.15, -0.1) is 11.8 Å². The monoisotopic (exact) mass is 303 g/mol. The maximum absolute atomic E-state index is 4.60. The number of benzene rings is 1. The summed E-state index contributed by atoms with van der Waals surface area (Å²) in [5, 5.41) is 4.60. The van der Waals surface area contributed by atoms with E-state index in [2.05, 4.69) is 73.6 Å². The van der Waals surface area contributed by atoms with Crippen LogP contribution in [0, 0.1) is 0 Å². The van der Waals surface area contributed by atoms with Crippen molar-refractivity contribution in [3.63, 3.8) is 0 Å². The van der Waals surface area contributed by atoms with E-state index in [1.54, 1.807) is 11.8 Å². The molecule has 0 fully saturated rings. The molecule has 0 saturated carbocycles. The highest BCUT2D eigenvalue weighted by molar-refractivity contribution is 7.98. The lowest BCUT2D eigenvalue weighted by Gasteiger charge is -2.25. The number of nitrogens with zero attached hydrogens (tertiary/aromatic N) is 3. The van der Waals surface area contributed by atoms with E-state index in [0.717, 1.165) is 25.3 Å². The van der Waals surface area contributed by atoms with Gasteiger partial charge in [0, 0.05) is 36.8 Å². The van der Waals surface area contributed by atoms with Crippen molar-refractivity contribution in [2.24, 2.45) is 0 Å². The molecule has 21 heavy (non-hydrogen) atoms. The molecule has 4 heteroatoms. The quantitative estimate of drug-likeness (QED) is 0.720. The van der Waals surface area contributed by atoms with E-state index >= 15 is 0 Å². The molecule has 0 amide bonds. The molecule has 0 aliphatic carbocycles. The molecule has 0 aliphatic rings. The first-order valence-corrected chi connectivity index (χ1v) is 8.74. The van der Waals surface area contributed by atoms with E-state index in [1.807, 2.05) is 4.68 Å². The summed E-state index contributed by atoms with van der Waals surface area (Å²) in [5.41, 5.74) is 2.51. The number of rotatable bonds is 7. The molecule has 0 N–H and O–H groups in total. The van der Waals surface area contributed by atoms with E-state index in [4.69, 9.17) is 0 Å². The number of aromatic nitrogens is 2. The van der Waals surface area contributed by atoms with Gasteiger partial charge in [-0.3, -0.25) is 9.58 Å². The summed E-state index contributed by atoms with van der Waals surface area (Å²) >= 11 is 1.79. The maximum Gasteiger partial charge on any atom is 0.0765 e. The second kappa shape index (κ2) is 7.66. The molecular formula is C17H25N3S. The lowest BCUT2D eigenvalue weighted by molar-refractivity contribution is 0.200. The van der Waals surface area contributed by atoms with Crippen LogP contribution in [0.2, 0.25) is 0 Å². The minimum Gasteiger partial charge on any atom is -0.291 e. The lowest BCUT2D eigenvalue weighted by Crippen LogP contribution is -2.30. The van der Waals surface area contributed by atoms with Crippen molar-refractivity contribution in [2.45, 2.75) is 51.3 Å². The van der Waals surface area contributed by atoms with Gasteiger partial charge in [0.05, 0.1) is 5.69 Å². The Morgan fingerprint density at radius 2 is 2.05 bits per heavy atom. The summed E-state index contributed by atoms with van der Waals surface area (Å²) in [6.45, 7) is 9.39. The van der Waals surface area contributed by atoms with Crippen molar-refractivity contribution in [3.8, 4) is 0 Å². The van der Waals surface area contributed by atoms with E-state index in [9.17, 15) is 0 Å². The van der Waals surface area contributed by atoms with Gasteiger partial charge >= 0.3 is 0 Å². The van der Waals surface area contributed by atoms with Gasteiger partial charge in [-0.25, -0.2) is 0 Å². The SMILES string of the molecule is CCn1ccc(CN(Cc2cccc(SC)c2)C(C)C)n1. The molecule has 0 radical (unpaired) electrons. The fourth-order valence-electron chi connectivity index (χ4n) is 2.30. The number of thioether (sulfide) groups is 1. The van der Waals surface area contributed by atoms with Crippen LogP contribution in [-0.4, -0.2) is 27.0 Å². The molecule has 0 bridgehead atoms. The van der Waals surface area contributed by atoms with Crippen LogP contribution in [0.3, 0.4) is 0 Å². The third kappa shape index (κ3) is 4.61. The number of aryl methyl sites for hydroxylation is 1. The summed E-state index contributed by atoms with van der Waals surface area (Å²) in [4.78, 5) is 3.79. The molecule has 1 aromatic carbocycles. The van der Waals surface area contributed by atoms with Crippen LogP contribution in [0.4, 0.5) is 0 Å². The topological polar surface area (TPSA) is 21.1 Å². The Hall–Kier alpha value is -1.26. The Bertz CT molecular complexity index is 563. The Kier molecular flexibility index (Phi) is 5.88. The van der Waals surface area contributed by atoms with Crippen LogP contribution >= 0.6 is 11.8 Å². The van der Waals surface area contributed by atoms with Crippen LogP contribution in [0.25, 0.3) is 0 Å². The molecule has 2 rings (SSSR count). The van der Waals surface area contributed by atoms with Gasteiger partial charge in [0.1, 0.15) is 0 Å². The van der Waals surface area contributed by atoms with E-state index in [0.29, 0.717) is 6.04 Å². The van der Waals surface area contributed by atoms with Crippen LogP contribution in [-0.2, 0) is 19.6 Å². The van der Waals surface area contributed by atoms with E-state index < -0.39 is 0 Å². The third-order valence-corrected chi connectivity index (χ3v) is 4.36. The molecule has 0 spiro atoms. The predicted molar refractivity (Wildman–Crippen MR) is 90.5 cm³/mol. The Morgan fingerprint density at radius 1 is 1.24 bits per heavy atom. The number of hydrogen-bond acceptors (Lipinski definition) is 3. The second-order valence-corrected chi connectivity index (χ2v) is 6.39. The normalized spacial score (nSPS) is 11.5. The predicted octanol–water partition coefficient (Wildman–Crippen LogP) is 4.04. The lowest BCUT2D eigenvalue weighted by atomic mass is 10.2. The maximum atomic E-state index is 4.60. The van der Waals surface area contributed by atoms with Gasteiger partial charge in [-0.1, -0.05) is 12.1 Å². The zero-order valence-electron chi connectivity index (χ0n) is 13.4. The van der Waals surface area contributed by atoms with Gasteiger partial charge in [0.25, 0.3) is 0 Å². The molecule has 3 nitrogen and oxygen atoms in total. The summed E-state index contributed by atoms with van der Waals surface area (Å²) < 4.78 is 1.99. The van der Waals surface area contributed by atoms with Crippen molar-refractivity contribution < 1.29 is 0 Å². The molecule has 1 heterocycles. The minimum atomic E-state index is 0.495. The zero-order valence-corrected chi connectivity index (χ0v) is 14.2. The van der Waals surface area contributed by atoms with Gasteiger partial charge < -0.3 is 0 Å². The van der Waals surface area contributed by atoms with Gasteiger partial charge in [0.2, 0.25) is 0 Å². The molecule has 0 aliphatic heterocycles. The Balaban J connectivity index is 2.07. The largest absolute Gasteiger partial charge is 0.291 e. The first-order chi connectivity index (χ1) is 10.1. The summed E-state index contributed by atoms with van der Waals surface area (Å²) in [6, 6.07) is 11.4. The third-order valence-electron chi connectivity index (χ3n) is 3.64. The first kappa shape index (κ1) is 16.1. The van der Waals surface area contributed by atoms with Crippen molar-refractivity contribution in [2.75, 3.05) is 6.26 Å². The molecule has 2 aromatic rings. The molecule has 0 unspecified atom stereocenters. The minimum absolute atomic E-state index is 0.495. The smallest absolute Gasteiger partial charge is 0.0765 e. The van der Waals surface area contributed by atoms with Crippen molar-refractivity contribution >= 4 is 11.8 Å². The van der Waals surface area contributed by atoms with Gasteiger partial charge in [-0.2, -0.15) is 5.10 Å². The average Bonchev–Trinajstić information content (AvgIpc) is 2.94. The van der Waals surface area contributed by atoms with Crippen LogP contribution in [0.5, 0.6) is 0 Å². The standard InChI is InChI=1S/C17H25N3S/c1-5-20-10-9-16(18-20)13-19(14(2)3)12-15-7-6-8-17(11-15)21-4/h6-11,14H,5,12-13H2,1-4H3. The molecular weight excluding hydrogens is 278 g/mol. The molecule has 114 valence electrons. The highest BCUT2D eigenvalue weighted by Crippen LogP contribution is 2.18. The van der Waals surface area contributed by atoms with E-state index in [-0.39, 0.29) is 0 Å². The highest BCUT2D eigenvalue weighted by Gasteiger charge is 2.12. The highest BCUT2D eigenvalue weighted by atomic mass is 32.2. The summed E-state index contributed by atoms with van der Waals surface area (Å²) in [5.74, 6) is 0. The Morgan fingerprint density at radius 3 is 2.67 bits per heavy atom. The van der Waals surface area contributed by atoms with Crippen molar-refractivity contribution in [1.82, 2.24) is 14.7 Å². The molecule has 1 aromatic heterocycles. The fourth-order valence-corrected chi connectivity index (χ4v) is 2.78. The fraction of sp³-hybridized carbons (Fsp3) is 0.471. The van der Waals surface area contributed by atoms with E-state index in [1.165, 1.54) is 10.5 Å². The number of hydrogen-bond donors (Lipinski definition) is 0. The van der Waals surface area contributed by atoms with Crippen LogP contribution < -0.4 is 0 Å². The van der Waals surface area contributed by atoms with Crippen LogP contribution in [0.1, 0.15) is 32.0 Å². The van der Waals surface area contributed by atoms with Crippen molar-refractivity contribution in [3.05, 3.63) is 47.8 Å². The second-order valence-electron chi connectivity index (χ2n) is 5.51. The Labute approximate surface area is 132 Å². The van der Waals surface area contributed by atoms with Crippen molar-refractivity contribution in [1.29, 1.82) is 0 Å². The molecule has 0 saturated heterocycles. The average molecular weight is 303 g/mol. The zero-order chi connectivity index (χ0) is 15.2. The van der Waals surface area contributed by atoms with Crippen LogP contribution in [0.15, 0.2) is 41.4 Å².